The van der Waals surface area contributed by atoms with Gasteiger partial charge in [-0.25, -0.2) is 0 Å². The normalized spacial score (nSPS) is 13.9. The lowest BCUT2D eigenvalue weighted by molar-refractivity contribution is 0.0728. The van der Waals surface area contributed by atoms with Gasteiger partial charge in [-0.1, -0.05) is 12.1 Å². The van der Waals surface area contributed by atoms with Crippen molar-refractivity contribution in [1.29, 1.82) is 0 Å². The average Bonchev–Trinajstić information content (AvgIpc) is 2.46. The van der Waals surface area contributed by atoms with Crippen LogP contribution in [0.2, 0.25) is 0 Å². The summed E-state index contributed by atoms with van der Waals surface area (Å²) in [5, 5.41) is 0. The number of hydrogen-bond acceptors (Lipinski definition) is 3. The SMILES string of the molecule is Cc1cccnc1C(=O)N1CCc2ccc(N)cc2C1. The van der Waals surface area contributed by atoms with Crippen molar-refractivity contribution in [3.05, 3.63) is 58.9 Å². The third-order valence-corrected chi connectivity index (χ3v) is 3.74. The van der Waals surface area contributed by atoms with Gasteiger partial charge in [-0.05, 0) is 48.2 Å². The summed E-state index contributed by atoms with van der Waals surface area (Å²) in [5.41, 5.74) is 10.4. The molecular formula is C16H17N3O. The molecule has 2 heterocycles. The van der Waals surface area contributed by atoms with Crippen molar-refractivity contribution in [2.75, 3.05) is 12.3 Å². The number of aromatic nitrogens is 1. The highest BCUT2D eigenvalue weighted by Crippen LogP contribution is 2.22. The molecule has 0 spiro atoms. The van der Waals surface area contributed by atoms with Crippen molar-refractivity contribution in [3.63, 3.8) is 0 Å². The highest BCUT2D eigenvalue weighted by molar-refractivity contribution is 5.93. The van der Waals surface area contributed by atoms with E-state index in [4.69, 9.17) is 5.73 Å². The molecule has 2 aromatic rings. The first-order chi connectivity index (χ1) is 9.65. The van der Waals surface area contributed by atoms with E-state index in [0.29, 0.717) is 12.2 Å². The van der Waals surface area contributed by atoms with E-state index in [0.717, 1.165) is 29.8 Å². The van der Waals surface area contributed by atoms with Gasteiger partial charge in [-0.15, -0.1) is 0 Å². The van der Waals surface area contributed by atoms with Crippen LogP contribution in [-0.2, 0) is 13.0 Å². The lowest BCUT2D eigenvalue weighted by atomic mass is 9.98. The number of aryl methyl sites for hydroxylation is 1. The molecule has 0 saturated heterocycles. The number of benzene rings is 1. The van der Waals surface area contributed by atoms with Gasteiger partial charge in [0.25, 0.3) is 5.91 Å². The molecule has 0 saturated carbocycles. The van der Waals surface area contributed by atoms with Crippen LogP contribution < -0.4 is 5.73 Å². The van der Waals surface area contributed by atoms with Crippen LogP contribution in [0.1, 0.15) is 27.2 Å². The Hall–Kier alpha value is -2.36. The number of amides is 1. The van der Waals surface area contributed by atoms with E-state index < -0.39 is 0 Å². The fraction of sp³-hybridized carbons (Fsp3) is 0.250. The molecule has 102 valence electrons. The van der Waals surface area contributed by atoms with Crippen LogP contribution >= 0.6 is 0 Å². The number of nitrogens with zero attached hydrogens (tertiary/aromatic N) is 2. The number of anilines is 1. The van der Waals surface area contributed by atoms with Gasteiger partial charge >= 0.3 is 0 Å². The summed E-state index contributed by atoms with van der Waals surface area (Å²) in [6.45, 7) is 3.25. The molecule has 1 aromatic heterocycles. The lowest BCUT2D eigenvalue weighted by Crippen LogP contribution is -2.36. The third kappa shape index (κ3) is 2.25. The minimum absolute atomic E-state index is 0.00354. The topological polar surface area (TPSA) is 59.2 Å². The first kappa shape index (κ1) is 12.7. The maximum absolute atomic E-state index is 12.5. The Morgan fingerprint density at radius 2 is 2.15 bits per heavy atom. The molecule has 0 radical (unpaired) electrons. The van der Waals surface area contributed by atoms with Crippen LogP contribution in [0.4, 0.5) is 5.69 Å². The van der Waals surface area contributed by atoms with Gasteiger partial charge in [0.2, 0.25) is 0 Å². The minimum atomic E-state index is -0.00354. The Bertz CT molecular complexity index is 667. The van der Waals surface area contributed by atoms with Crippen LogP contribution in [0.5, 0.6) is 0 Å². The second-order valence-electron chi connectivity index (χ2n) is 5.17. The fourth-order valence-corrected chi connectivity index (χ4v) is 2.61. The maximum Gasteiger partial charge on any atom is 0.273 e. The fourth-order valence-electron chi connectivity index (χ4n) is 2.61. The Morgan fingerprint density at radius 3 is 2.95 bits per heavy atom. The number of fused-ring (bicyclic) bond motifs is 1. The number of nitrogen functional groups attached to an aromatic ring is 1. The van der Waals surface area contributed by atoms with Crippen molar-refractivity contribution in [2.45, 2.75) is 19.9 Å². The number of hydrogen-bond donors (Lipinski definition) is 1. The number of pyridine rings is 1. The van der Waals surface area contributed by atoms with E-state index >= 15 is 0 Å². The first-order valence-electron chi connectivity index (χ1n) is 6.73. The van der Waals surface area contributed by atoms with Crippen LogP contribution in [0.3, 0.4) is 0 Å². The summed E-state index contributed by atoms with van der Waals surface area (Å²) in [6, 6.07) is 9.69. The van der Waals surface area contributed by atoms with Crippen molar-refractivity contribution in [1.82, 2.24) is 9.88 Å². The van der Waals surface area contributed by atoms with Gasteiger partial charge in [0.05, 0.1) is 0 Å². The number of carbonyl (C=O) groups is 1. The van der Waals surface area contributed by atoms with E-state index in [1.54, 1.807) is 6.20 Å². The lowest BCUT2D eigenvalue weighted by Gasteiger charge is -2.29. The van der Waals surface area contributed by atoms with Crippen molar-refractivity contribution in [2.24, 2.45) is 0 Å². The summed E-state index contributed by atoms with van der Waals surface area (Å²) in [7, 11) is 0. The van der Waals surface area contributed by atoms with E-state index in [2.05, 4.69) is 11.1 Å². The zero-order valence-electron chi connectivity index (χ0n) is 11.5. The largest absolute Gasteiger partial charge is 0.399 e. The first-order valence-corrected chi connectivity index (χ1v) is 6.73. The molecule has 0 atom stereocenters. The quantitative estimate of drug-likeness (QED) is 0.806. The third-order valence-electron chi connectivity index (χ3n) is 3.74. The Labute approximate surface area is 118 Å². The summed E-state index contributed by atoms with van der Waals surface area (Å²) in [6.07, 6.45) is 2.53. The van der Waals surface area contributed by atoms with Crippen LogP contribution in [-0.4, -0.2) is 22.3 Å². The Balaban J connectivity index is 1.87. The van der Waals surface area contributed by atoms with Crippen molar-refractivity contribution < 1.29 is 4.79 Å². The van der Waals surface area contributed by atoms with Gasteiger partial charge in [0.1, 0.15) is 5.69 Å². The van der Waals surface area contributed by atoms with E-state index in [1.807, 2.05) is 36.1 Å². The molecule has 2 N–H and O–H groups in total. The van der Waals surface area contributed by atoms with Crippen LogP contribution in [0.15, 0.2) is 36.5 Å². The van der Waals surface area contributed by atoms with E-state index in [9.17, 15) is 4.79 Å². The van der Waals surface area contributed by atoms with Crippen LogP contribution in [0.25, 0.3) is 0 Å². The molecule has 4 nitrogen and oxygen atoms in total. The second-order valence-corrected chi connectivity index (χ2v) is 5.17. The minimum Gasteiger partial charge on any atom is -0.399 e. The second kappa shape index (κ2) is 4.96. The molecule has 0 bridgehead atoms. The molecule has 1 aromatic carbocycles. The average molecular weight is 267 g/mol. The molecule has 0 fully saturated rings. The maximum atomic E-state index is 12.5. The summed E-state index contributed by atoms with van der Waals surface area (Å²) in [5.74, 6) is -0.00354. The molecular weight excluding hydrogens is 250 g/mol. The molecule has 4 heteroatoms. The molecule has 0 aliphatic carbocycles. The Morgan fingerprint density at radius 1 is 1.30 bits per heavy atom. The number of nitrogens with two attached hydrogens (primary N) is 1. The van der Waals surface area contributed by atoms with E-state index in [-0.39, 0.29) is 5.91 Å². The molecule has 20 heavy (non-hydrogen) atoms. The molecule has 0 unspecified atom stereocenters. The van der Waals surface area contributed by atoms with Gasteiger partial charge in [0.15, 0.2) is 0 Å². The Kier molecular flexibility index (Phi) is 3.14. The predicted octanol–water partition coefficient (Wildman–Crippen LogP) is 2.17. The molecule has 1 amide bonds. The number of rotatable bonds is 1. The van der Waals surface area contributed by atoms with Gasteiger partial charge in [-0.2, -0.15) is 0 Å². The van der Waals surface area contributed by atoms with Gasteiger partial charge in [0, 0.05) is 25.0 Å². The van der Waals surface area contributed by atoms with Crippen LogP contribution in [0, 0.1) is 6.92 Å². The van der Waals surface area contributed by atoms with Crippen molar-refractivity contribution in [3.8, 4) is 0 Å². The number of carbonyl (C=O) groups excluding carboxylic acids is 1. The smallest absolute Gasteiger partial charge is 0.273 e. The van der Waals surface area contributed by atoms with Gasteiger partial charge in [-0.3, -0.25) is 9.78 Å². The molecule has 1 aliphatic heterocycles. The monoisotopic (exact) mass is 267 g/mol. The zero-order chi connectivity index (χ0) is 14.1. The standard InChI is InChI=1S/C16H17N3O/c1-11-3-2-7-18-15(11)16(20)19-8-6-12-4-5-14(17)9-13(12)10-19/h2-5,7,9H,6,8,10,17H2,1H3. The highest BCUT2D eigenvalue weighted by atomic mass is 16.2. The summed E-state index contributed by atoms with van der Waals surface area (Å²) in [4.78, 5) is 18.6. The highest BCUT2D eigenvalue weighted by Gasteiger charge is 2.23. The zero-order valence-corrected chi connectivity index (χ0v) is 11.5. The summed E-state index contributed by atoms with van der Waals surface area (Å²) < 4.78 is 0. The molecule has 3 rings (SSSR count). The van der Waals surface area contributed by atoms with Crippen molar-refractivity contribution >= 4 is 11.6 Å². The summed E-state index contributed by atoms with van der Waals surface area (Å²) >= 11 is 0. The predicted molar refractivity (Wildman–Crippen MR) is 78.3 cm³/mol. The molecule has 1 aliphatic rings. The van der Waals surface area contributed by atoms with E-state index in [1.165, 1.54) is 5.56 Å². The van der Waals surface area contributed by atoms with Gasteiger partial charge < -0.3 is 10.6 Å².